The van der Waals surface area contributed by atoms with Crippen LogP contribution in [0.1, 0.15) is 211 Å². The van der Waals surface area contributed by atoms with Gasteiger partial charge in [-0.3, -0.25) is 28.8 Å². The smallest absolute Gasteiger partial charge is 0.410 e. The molecule has 14 rings (SSSR count). The van der Waals surface area contributed by atoms with Crippen LogP contribution in [-0.2, 0) is 38.2 Å². The molecule has 2 aliphatic carbocycles. The summed E-state index contributed by atoms with van der Waals surface area (Å²) in [5, 5.41) is 39.0. The van der Waals surface area contributed by atoms with Crippen molar-refractivity contribution in [2.45, 2.75) is 200 Å². The second kappa shape index (κ2) is 40.1. The van der Waals surface area contributed by atoms with E-state index in [0.29, 0.717) is 76.9 Å². The fourth-order valence-corrected chi connectivity index (χ4v) is 14.0. The van der Waals surface area contributed by atoms with E-state index < -0.39 is 23.1 Å². The zero-order valence-electron chi connectivity index (χ0n) is 61.8. The normalized spacial score (nSPS) is 21.9. The maximum absolute atomic E-state index is 13.0. The van der Waals surface area contributed by atoms with Crippen molar-refractivity contribution in [3.05, 3.63) is 144 Å². The summed E-state index contributed by atoms with van der Waals surface area (Å²) in [7, 11) is 0. The van der Waals surface area contributed by atoms with Crippen molar-refractivity contribution < 1.29 is 58.0 Å². The molecule has 6 fully saturated rings. The van der Waals surface area contributed by atoms with Crippen LogP contribution in [0.2, 0.25) is 0 Å². The lowest BCUT2D eigenvalue weighted by Gasteiger charge is -2.37. The van der Waals surface area contributed by atoms with Crippen LogP contribution in [-0.4, -0.2) is 181 Å². The van der Waals surface area contributed by atoms with Crippen molar-refractivity contribution >= 4 is 84.4 Å². The van der Waals surface area contributed by atoms with Gasteiger partial charge in [-0.05, 0) is 153 Å². The second-order valence-corrected chi connectivity index (χ2v) is 30.7. The lowest BCUT2D eigenvalue weighted by Crippen LogP contribution is -2.46. The zero-order chi connectivity index (χ0) is 75.0. The number of nitrogens with one attached hydrogen (secondary N) is 1. The monoisotopic (exact) mass is 1480 g/mol. The topological polar surface area (TPSA) is 280 Å². The Bertz CT molecular complexity index is 3590. The predicted molar refractivity (Wildman–Crippen MR) is 410 cm³/mol. The molecule has 25 heteroatoms. The van der Waals surface area contributed by atoms with E-state index in [0.717, 1.165) is 113 Å². The Kier molecular flexibility index (Phi) is 31.2. The number of carbonyl (C=O) groups is 8. The summed E-state index contributed by atoms with van der Waals surface area (Å²) in [6.45, 7) is 16.0. The second-order valence-electron chi connectivity index (χ2n) is 30.3. The standard InChI is InChI=1S/C20H27N3O3.C20H25N3O2.C15H18ClN3O.C11H19NO4.C9H10N2.C5H8O2.CH4/c1-20(2,3)26-19(25)22-13-10-16(11-14-22)18(24)23-17(9-12-21-23)15-7-5-4-6-8-15;24-19(16-7-4-8-16)22-13-10-17(11-14-22)20(25)23-18(9-12-21-23)15-5-2-1-3-6-15;16-18-10-7-13(8-11-18)15(20)19-14(6-9-17-19)12-4-2-1-3-5-12;1-11(2,3)16-10(15)12-6-4-8(5-7-12)9(13)14;1-2-4-8(5-3-1)9-6-7-10-11-9;6-5(7)4-2-1-3-4;/h4-8,12,16-17H,9-11,13-14H2,1-3H3;1-3,5-6,12,16-18H,4,7-11,13-14H2;1-5,9,13-14H,6-8,10-11H2;8H,4-7H2,1-3H3,(H,13,14);1-5,7,9,11H,6H2;4H,1-3H2,(H,6,7);1H4. The first-order valence-electron chi connectivity index (χ1n) is 37.6. The predicted octanol–water partition coefficient (Wildman–Crippen LogP) is 14.3. The highest BCUT2D eigenvalue weighted by Crippen LogP contribution is 2.37. The summed E-state index contributed by atoms with van der Waals surface area (Å²) in [4.78, 5) is 101. The van der Waals surface area contributed by atoms with Crippen LogP contribution in [0.25, 0.3) is 0 Å². The molecule has 24 nitrogen and oxygen atoms in total. The summed E-state index contributed by atoms with van der Waals surface area (Å²) >= 11 is 5.95. The van der Waals surface area contributed by atoms with Gasteiger partial charge < -0.3 is 39.8 Å². The number of amides is 6. The number of halogens is 1. The molecule has 8 aliphatic heterocycles. The molecule has 0 radical (unpaired) electrons. The number of hydrogen-bond donors (Lipinski definition) is 3. The van der Waals surface area contributed by atoms with Gasteiger partial charge in [-0.25, -0.2) is 29.0 Å². The summed E-state index contributed by atoms with van der Waals surface area (Å²) < 4.78 is 12.4. The molecule has 0 aromatic heterocycles. The molecule has 574 valence electrons. The first-order valence-corrected chi connectivity index (χ1v) is 37.9. The van der Waals surface area contributed by atoms with E-state index in [2.05, 4.69) is 74.4 Å². The fraction of sp³-hybridized carbons (Fsp3) is 0.556. The summed E-state index contributed by atoms with van der Waals surface area (Å²) in [5.74, 6) is -0.939. The van der Waals surface area contributed by atoms with Crippen molar-refractivity contribution in [2.24, 2.45) is 55.9 Å². The van der Waals surface area contributed by atoms with Gasteiger partial charge in [0.15, 0.2) is 0 Å². The molecule has 10 aliphatic rings. The van der Waals surface area contributed by atoms with Crippen LogP contribution < -0.4 is 5.43 Å². The Morgan fingerprint density at radius 2 is 0.679 bits per heavy atom. The van der Waals surface area contributed by atoms with E-state index in [1.165, 1.54) is 12.0 Å². The maximum atomic E-state index is 13.0. The van der Waals surface area contributed by atoms with Gasteiger partial charge in [0.1, 0.15) is 11.2 Å². The molecule has 0 bridgehead atoms. The third-order valence-corrected chi connectivity index (χ3v) is 20.8. The Labute approximate surface area is 630 Å². The van der Waals surface area contributed by atoms with Crippen LogP contribution in [0, 0.1) is 35.5 Å². The van der Waals surface area contributed by atoms with Gasteiger partial charge in [-0.1, -0.05) is 142 Å². The zero-order valence-corrected chi connectivity index (χ0v) is 62.5. The fourth-order valence-electron chi connectivity index (χ4n) is 13.8. The number of ether oxygens (including phenoxy) is 2. The van der Waals surface area contributed by atoms with Gasteiger partial charge in [0.2, 0.25) is 23.6 Å². The first kappa shape index (κ1) is 82.6. The van der Waals surface area contributed by atoms with Crippen LogP contribution in [0.4, 0.5) is 9.59 Å². The molecule has 0 spiro atoms. The summed E-state index contributed by atoms with van der Waals surface area (Å²) in [5.41, 5.74) is 6.73. The molecule has 4 unspecified atom stereocenters. The SMILES string of the molecule is C.C1=NNC(c2ccccc2)C1.CC(C)(C)OC(=O)N1CCC(C(=O)N2N=CCC2c2ccccc2)CC1.CC(C)(C)OC(=O)N1CCC(C(=O)O)CC1.O=C(C1CCC1)N1CCC(C(=O)N2N=CCC2c2ccccc2)CC1.O=C(C1CCN(Cl)CC1)N1N=CCC1c1ccccc1.O=C(O)C1CCC1. The molecule has 3 N–H and O–H groups in total. The van der Waals surface area contributed by atoms with E-state index in [4.69, 9.17) is 31.5 Å². The number of piperidine rings is 4. The molecular weight excluding hydrogens is 1370 g/mol. The molecule has 4 aromatic rings. The van der Waals surface area contributed by atoms with Gasteiger partial charge >= 0.3 is 24.1 Å². The van der Waals surface area contributed by atoms with Gasteiger partial charge in [-0.2, -0.15) is 20.4 Å². The lowest BCUT2D eigenvalue weighted by atomic mass is 9.83. The Morgan fingerprint density at radius 3 is 0.962 bits per heavy atom. The average molecular weight is 1480 g/mol. The third kappa shape index (κ3) is 24.2. The van der Waals surface area contributed by atoms with Crippen molar-refractivity contribution in [1.82, 2.24) is 39.6 Å². The van der Waals surface area contributed by atoms with Crippen LogP contribution in [0.15, 0.2) is 142 Å². The molecule has 4 saturated heterocycles. The van der Waals surface area contributed by atoms with E-state index in [1.807, 2.05) is 144 Å². The van der Waals surface area contributed by atoms with Gasteiger partial charge in [0.25, 0.3) is 0 Å². The van der Waals surface area contributed by atoms with Gasteiger partial charge in [0, 0.05) is 127 Å². The summed E-state index contributed by atoms with van der Waals surface area (Å²) in [6.07, 6.45) is 21.7. The number of carboxylic acid groups (broad SMARTS) is 2. The van der Waals surface area contributed by atoms with Crippen LogP contribution in [0.5, 0.6) is 0 Å². The largest absolute Gasteiger partial charge is 0.481 e. The van der Waals surface area contributed by atoms with Crippen molar-refractivity contribution in [1.29, 1.82) is 0 Å². The molecule has 6 amide bonds. The maximum Gasteiger partial charge on any atom is 0.410 e. The lowest BCUT2D eigenvalue weighted by molar-refractivity contribution is -0.145. The number of aliphatic carboxylic acids is 2. The minimum atomic E-state index is -0.774. The molecule has 106 heavy (non-hydrogen) atoms. The highest BCUT2D eigenvalue weighted by Gasteiger charge is 2.40. The molecule has 4 aromatic carbocycles. The van der Waals surface area contributed by atoms with Crippen LogP contribution in [0.3, 0.4) is 0 Å². The molecular formula is C81H111ClN12O12. The number of hydrogen-bond acceptors (Lipinski definition) is 16. The van der Waals surface area contributed by atoms with E-state index in [1.54, 1.807) is 29.2 Å². The molecule has 4 atom stereocenters. The Morgan fingerprint density at radius 1 is 0.387 bits per heavy atom. The first-order chi connectivity index (χ1) is 50.4. The van der Waals surface area contributed by atoms with Gasteiger partial charge in [0.05, 0.1) is 36.0 Å². The summed E-state index contributed by atoms with van der Waals surface area (Å²) in [6, 6.07) is 41.0. The van der Waals surface area contributed by atoms with Crippen molar-refractivity contribution in [3.63, 3.8) is 0 Å². The highest BCUT2D eigenvalue weighted by molar-refractivity contribution is 6.13. The number of nitrogens with zero attached hydrogens (tertiary/aromatic N) is 11. The number of carboxylic acids is 2. The quantitative estimate of drug-likeness (QED) is 0.125. The number of hydrazone groups is 4. The van der Waals surface area contributed by atoms with E-state index >= 15 is 0 Å². The minimum absolute atomic E-state index is 0. The Balaban J connectivity index is 0.000000167. The number of carbonyl (C=O) groups excluding carboxylic acids is 6. The molecule has 2 saturated carbocycles. The van der Waals surface area contributed by atoms with Crippen LogP contribution >= 0.6 is 11.8 Å². The average Bonchev–Trinajstić information content (AvgIpc) is 1.57. The number of benzene rings is 4. The van der Waals surface area contributed by atoms with Crippen molar-refractivity contribution in [2.75, 3.05) is 52.4 Å². The number of rotatable bonds is 10. The Hall–Kier alpha value is -9.03. The number of likely N-dealkylation sites (tertiary alicyclic amines) is 3. The minimum Gasteiger partial charge on any atom is -0.481 e. The van der Waals surface area contributed by atoms with Crippen molar-refractivity contribution in [3.8, 4) is 0 Å². The third-order valence-electron chi connectivity index (χ3n) is 20.4. The van der Waals surface area contributed by atoms with E-state index in [9.17, 15) is 38.4 Å². The van der Waals surface area contributed by atoms with Gasteiger partial charge in [-0.15, -0.1) is 0 Å². The highest BCUT2D eigenvalue weighted by atomic mass is 35.5. The molecule has 8 heterocycles. The van der Waals surface area contributed by atoms with E-state index in [-0.39, 0.29) is 91.0 Å².